The van der Waals surface area contributed by atoms with Crippen molar-refractivity contribution in [2.75, 3.05) is 40.4 Å². The first-order valence-corrected chi connectivity index (χ1v) is 8.51. The summed E-state index contributed by atoms with van der Waals surface area (Å²) in [5.41, 5.74) is 6.81. The summed E-state index contributed by atoms with van der Waals surface area (Å²) in [6.45, 7) is 3.80. The molecule has 138 valence electrons. The molecule has 1 heterocycles. The Labute approximate surface area is 148 Å². The van der Waals surface area contributed by atoms with Crippen molar-refractivity contribution in [3.8, 4) is 11.5 Å². The van der Waals surface area contributed by atoms with E-state index in [4.69, 9.17) is 15.2 Å². The van der Waals surface area contributed by atoms with Crippen LogP contribution >= 0.6 is 0 Å². The molecule has 1 aromatic rings. The largest absolute Gasteiger partial charge is 0.493 e. The second-order valence-electron chi connectivity index (χ2n) is 6.19. The van der Waals surface area contributed by atoms with Crippen LogP contribution in [0.1, 0.15) is 28.8 Å². The number of nitrogens with zero attached hydrogens (tertiary/aromatic N) is 1. The Morgan fingerprint density at radius 3 is 2.60 bits per heavy atom. The first-order chi connectivity index (χ1) is 12.0. The van der Waals surface area contributed by atoms with E-state index in [2.05, 4.69) is 5.32 Å². The van der Waals surface area contributed by atoms with Crippen molar-refractivity contribution in [1.29, 1.82) is 0 Å². The lowest BCUT2D eigenvalue weighted by atomic mass is 9.96. The van der Waals surface area contributed by atoms with Crippen LogP contribution in [0.2, 0.25) is 0 Å². The van der Waals surface area contributed by atoms with Crippen LogP contribution in [0.5, 0.6) is 11.5 Å². The number of aryl methyl sites for hydroxylation is 1. The van der Waals surface area contributed by atoms with E-state index in [-0.39, 0.29) is 17.7 Å². The van der Waals surface area contributed by atoms with Gasteiger partial charge in [-0.25, -0.2) is 0 Å². The van der Waals surface area contributed by atoms with Crippen LogP contribution in [0, 0.1) is 12.8 Å². The summed E-state index contributed by atoms with van der Waals surface area (Å²) in [5, 5.41) is 2.81. The molecule has 1 atom stereocenters. The summed E-state index contributed by atoms with van der Waals surface area (Å²) in [6.07, 6.45) is 1.59. The molecule has 0 bridgehead atoms. The predicted molar refractivity (Wildman–Crippen MR) is 95.0 cm³/mol. The Morgan fingerprint density at radius 1 is 1.28 bits per heavy atom. The molecule has 3 N–H and O–H groups in total. The van der Waals surface area contributed by atoms with E-state index in [1.165, 1.54) is 0 Å². The van der Waals surface area contributed by atoms with Gasteiger partial charge in [-0.05, 0) is 37.5 Å². The predicted octanol–water partition coefficient (Wildman–Crippen LogP) is 0.939. The topological polar surface area (TPSA) is 93.9 Å². The van der Waals surface area contributed by atoms with E-state index in [1.807, 2.05) is 6.92 Å². The van der Waals surface area contributed by atoms with Crippen LogP contribution < -0.4 is 20.5 Å². The fraction of sp³-hybridized carbons (Fsp3) is 0.556. The highest BCUT2D eigenvalue weighted by Crippen LogP contribution is 2.31. The van der Waals surface area contributed by atoms with Gasteiger partial charge >= 0.3 is 0 Å². The first-order valence-electron chi connectivity index (χ1n) is 8.51. The van der Waals surface area contributed by atoms with Gasteiger partial charge in [-0.15, -0.1) is 0 Å². The number of methoxy groups -OCH3 is 2. The van der Waals surface area contributed by atoms with E-state index in [9.17, 15) is 9.59 Å². The smallest absolute Gasteiger partial charge is 0.254 e. The minimum absolute atomic E-state index is 0.0352. The molecule has 0 aliphatic carbocycles. The Kier molecular flexibility index (Phi) is 6.64. The molecule has 25 heavy (non-hydrogen) atoms. The molecular formula is C18H27N3O4. The standard InChI is InChI=1S/C18H27N3O4/c1-12-9-15(24-2)16(25-3)10-14(12)18(23)21-8-4-5-13(11-21)17(22)20-7-6-19/h9-10,13H,4-8,11,19H2,1-3H3,(H,20,22). The van der Waals surface area contributed by atoms with Crippen molar-refractivity contribution in [2.45, 2.75) is 19.8 Å². The number of ether oxygens (including phenoxy) is 2. The minimum Gasteiger partial charge on any atom is -0.493 e. The molecule has 0 spiro atoms. The number of piperidine rings is 1. The van der Waals surface area contributed by atoms with Crippen molar-refractivity contribution < 1.29 is 19.1 Å². The van der Waals surface area contributed by atoms with Crippen LogP contribution in [0.4, 0.5) is 0 Å². The first kappa shape index (κ1) is 19.1. The van der Waals surface area contributed by atoms with Gasteiger partial charge in [-0.3, -0.25) is 9.59 Å². The molecule has 1 aliphatic heterocycles. The normalized spacial score (nSPS) is 17.1. The number of nitrogens with one attached hydrogen (secondary N) is 1. The molecule has 1 fully saturated rings. The number of rotatable bonds is 6. The van der Waals surface area contributed by atoms with Crippen LogP contribution in [0.25, 0.3) is 0 Å². The van der Waals surface area contributed by atoms with Gasteiger partial charge in [0.2, 0.25) is 5.91 Å². The Bertz CT molecular complexity index is 633. The molecular weight excluding hydrogens is 322 g/mol. The number of carbonyl (C=O) groups is 2. The summed E-state index contributed by atoms with van der Waals surface area (Å²) in [5.74, 6) is 0.798. The van der Waals surface area contributed by atoms with E-state index >= 15 is 0 Å². The molecule has 2 rings (SSSR count). The molecule has 1 aromatic carbocycles. The number of likely N-dealkylation sites (tertiary alicyclic amines) is 1. The Morgan fingerprint density at radius 2 is 1.96 bits per heavy atom. The zero-order valence-electron chi connectivity index (χ0n) is 15.1. The fourth-order valence-electron chi connectivity index (χ4n) is 3.10. The van der Waals surface area contributed by atoms with E-state index in [0.717, 1.165) is 18.4 Å². The number of hydrogen-bond donors (Lipinski definition) is 2. The zero-order chi connectivity index (χ0) is 18.4. The minimum atomic E-state index is -0.190. The summed E-state index contributed by atoms with van der Waals surface area (Å²) in [6, 6.07) is 3.50. The summed E-state index contributed by atoms with van der Waals surface area (Å²) in [7, 11) is 3.11. The summed E-state index contributed by atoms with van der Waals surface area (Å²) < 4.78 is 10.6. The number of amides is 2. The second-order valence-corrected chi connectivity index (χ2v) is 6.19. The zero-order valence-corrected chi connectivity index (χ0v) is 15.1. The van der Waals surface area contributed by atoms with Gasteiger partial charge in [-0.2, -0.15) is 0 Å². The summed E-state index contributed by atoms with van der Waals surface area (Å²) in [4.78, 5) is 26.9. The van der Waals surface area contributed by atoms with Crippen molar-refractivity contribution in [1.82, 2.24) is 10.2 Å². The SMILES string of the molecule is COc1cc(C)c(C(=O)N2CCCC(C(=O)NCCN)C2)cc1OC. The van der Waals surface area contributed by atoms with Gasteiger partial charge in [-0.1, -0.05) is 0 Å². The Hall–Kier alpha value is -2.28. The highest BCUT2D eigenvalue weighted by molar-refractivity contribution is 5.97. The van der Waals surface area contributed by atoms with E-state index < -0.39 is 0 Å². The lowest BCUT2D eigenvalue weighted by Gasteiger charge is -2.32. The number of carbonyl (C=O) groups excluding carboxylic acids is 2. The van der Waals surface area contributed by atoms with Gasteiger partial charge in [0.05, 0.1) is 20.1 Å². The molecule has 1 aliphatic rings. The maximum Gasteiger partial charge on any atom is 0.254 e. The molecule has 1 saturated heterocycles. The van der Waals surface area contributed by atoms with Gasteiger partial charge in [0.25, 0.3) is 5.91 Å². The van der Waals surface area contributed by atoms with Gasteiger partial charge in [0, 0.05) is 31.7 Å². The molecule has 7 heteroatoms. The lowest BCUT2D eigenvalue weighted by Crippen LogP contribution is -2.46. The molecule has 0 saturated carbocycles. The third-order valence-corrected chi connectivity index (χ3v) is 4.48. The molecule has 1 unspecified atom stereocenters. The maximum absolute atomic E-state index is 12.9. The van der Waals surface area contributed by atoms with Crippen molar-refractivity contribution in [3.05, 3.63) is 23.3 Å². The van der Waals surface area contributed by atoms with E-state index in [1.54, 1.807) is 31.3 Å². The lowest BCUT2D eigenvalue weighted by molar-refractivity contribution is -0.126. The highest BCUT2D eigenvalue weighted by atomic mass is 16.5. The van der Waals surface area contributed by atoms with Gasteiger partial charge < -0.3 is 25.4 Å². The van der Waals surface area contributed by atoms with E-state index in [0.29, 0.717) is 43.2 Å². The molecule has 7 nitrogen and oxygen atoms in total. The van der Waals surface area contributed by atoms with Crippen LogP contribution in [-0.2, 0) is 4.79 Å². The highest BCUT2D eigenvalue weighted by Gasteiger charge is 2.29. The van der Waals surface area contributed by atoms with Gasteiger partial charge in [0.15, 0.2) is 11.5 Å². The summed E-state index contributed by atoms with van der Waals surface area (Å²) >= 11 is 0. The third-order valence-electron chi connectivity index (χ3n) is 4.48. The fourth-order valence-corrected chi connectivity index (χ4v) is 3.10. The van der Waals surface area contributed by atoms with Crippen molar-refractivity contribution >= 4 is 11.8 Å². The number of nitrogens with two attached hydrogens (primary N) is 1. The van der Waals surface area contributed by atoms with Gasteiger partial charge in [0.1, 0.15) is 0 Å². The average molecular weight is 349 g/mol. The maximum atomic E-state index is 12.9. The van der Waals surface area contributed by atoms with Crippen LogP contribution in [-0.4, -0.2) is 57.1 Å². The number of benzene rings is 1. The molecule has 0 aromatic heterocycles. The number of hydrogen-bond acceptors (Lipinski definition) is 5. The Balaban J connectivity index is 2.15. The monoisotopic (exact) mass is 349 g/mol. The molecule has 2 amide bonds. The third kappa shape index (κ3) is 4.42. The molecule has 0 radical (unpaired) electrons. The average Bonchev–Trinajstić information content (AvgIpc) is 2.65. The van der Waals surface area contributed by atoms with Crippen LogP contribution in [0.15, 0.2) is 12.1 Å². The quantitative estimate of drug-likeness (QED) is 0.797. The van der Waals surface area contributed by atoms with Crippen molar-refractivity contribution in [3.63, 3.8) is 0 Å². The van der Waals surface area contributed by atoms with Crippen LogP contribution in [0.3, 0.4) is 0 Å². The second kappa shape index (κ2) is 8.71. The van der Waals surface area contributed by atoms with Crippen molar-refractivity contribution in [2.24, 2.45) is 11.7 Å².